The van der Waals surface area contributed by atoms with E-state index < -0.39 is 0 Å². The van der Waals surface area contributed by atoms with Gasteiger partial charge in [-0.15, -0.1) is 0 Å². The molecule has 2 aliphatic carbocycles. The molecule has 0 saturated carbocycles. The standard InChI is InChI=1S/C17H24O2/c1-12-9-16(19)14(11-17(2,3)10-12)13-7-5-4-6-8-15(13)18/h6,8-9,13-14H,4-5,7,10-11H2,1-3H3/t13?,14-/m1/s1. The molecule has 19 heavy (non-hydrogen) atoms. The lowest BCUT2D eigenvalue weighted by Gasteiger charge is -2.30. The minimum Gasteiger partial charge on any atom is -0.295 e. The van der Waals surface area contributed by atoms with Crippen LogP contribution in [0.25, 0.3) is 0 Å². The SMILES string of the molecule is CC1=CC(=O)[C@@H](C2CCCC=CC2=O)CC(C)(C)C1. The van der Waals surface area contributed by atoms with Crippen LogP contribution < -0.4 is 0 Å². The van der Waals surface area contributed by atoms with E-state index in [0.29, 0.717) is 0 Å². The first-order chi connectivity index (χ1) is 8.89. The fourth-order valence-electron chi connectivity index (χ4n) is 3.58. The molecular weight excluding hydrogens is 236 g/mol. The van der Waals surface area contributed by atoms with Crippen LogP contribution in [-0.2, 0) is 9.59 Å². The third kappa shape index (κ3) is 3.43. The van der Waals surface area contributed by atoms with Gasteiger partial charge in [0.15, 0.2) is 11.6 Å². The van der Waals surface area contributed by atoms with Gasteiger partial charge in [0.05, 0.1) is 0 Å². The van der Waals surface area contributed by atoms with E-state index in [2.05, 4.69) is 13.8 Å². The third-order valence-electron chi connectivity index (χ3n) is 4.30. The molecule has 0 bridgehead atoms. The van der Waals surface area contributed by atoms with Crippen LogP contribution in [0.2, 0.25) is 0 Å². The van der Waals surface area contributed by atoms with Crippen molar-refractivity contribution < 1.29 is 9.59 Å². The normalized spacial score (nSPS) is 31.6. The van der Waals surface area contributed by atoms with Crippen molar-refractivity contribution >= 4 is 11.6 Å². The highest BCUT2D eigenvalue weighted by Crippen LogP contribution is 2.40. The average Bonchev–Trinajstić information content (AvgIpc) is 2.54. The van der Waals surface area contributed by atoms with Crippen LogP contribution in [-0.4, -0.2) is 11.6 Å². The van der Waals surface area contributed by atoms with Crippen LogP contribution in [0.15, 0.2) is 23.8 Å². The van der Waals surface area contributed by atoms with Crippen molar-refractivity contribution in [1.82, 2.24) is 0 Å². The molecule has 0 aromatic carbocycles. The summed E-state index contributed by atoms with van der Waals surface area (Å²) in [5.74, 6) is 0.0895. The molecule has 0 aromatic rings. The lowest BCUT2D eigenvalue weighted by atomic mass is 9.73. The topological polar surface area (TPSA) is 34.1 Å². The fraction of sp³-hybridized carbons (Fsp3) is 0.647. The van der Waals surface area contributed by atoms with Gasteiger partial charge >= 0.3 is 0 Å². The molecule has 2 heteroatoms. The van der Waals surface area contributed by atoms with E-state index in [0.717, 1.165) is 37.7 Å². The molecular formula is C17H24O2. The van der Waals surface area contributed by atoms with Crippen molar-refractivity contribution in [2.45, 2.75) is 52.9 Å². The molecule has 2 aliphatic rings. The largest absolute Gasteiger partial charge is 0.295 e. The maximum absolute atomic E-state index is 12.4. The highest BCUT2D eigenvalue weighted by Gasteiger charge is 2.37. The number of allylic oxidation sites excluding steroid dienone is 4. The minimum atomic E-state index is -0.123. The molecule has 0 radical (unpaired) electrons. The summed E-state index contributed by atoms with van der Waals surface area (Å²) < 4.78 is 0. The van der Waals surface area contributed by atoms with Crippen LogP contribution >= 0.6 is 0 Å². The molecule has 104 valence electrons. The van der Waals surface area contributed by atoms with Gasteiger partial charge in [0.25, 0.3) is 0 Å². The summed E-state index contributed by atoms with van der Waals surface area (Å²) in [6.45, 7) is 6.43. The number of hydrogen-bond acceptors (Lipinski definition) is 2. The summed E-state index contributed by atoms with van der Waals surface area (Å²) in [5.41, 5.74) is 1.25. The van der Waals surface area contributed by atoms with Crippen LogP contribution in [0.3, 0.4) is 0 Å². The molecule has 2 nitrogen and oxygen atoms in total. The van der Waals surface area contributed by atoms with E-state index in [1.54, 1.807) is 12.2 Å². The molecule has 0 spiro atoms. The van der Waals surface area contributed by atoms with Crippen molar-refractivity contribution in [1.29, 1.82) is 0 Å². The molecule has 0 fully saturated rings. The monoisotopic (exact) mass is 260 g/mol. The highest BCUT2D eigenvalue weighted by atomic mass is 16.1. The summed E-state index contributed by atoms with van der Waals surface area (Å²) in [6, 6.07) is 0. The van der Waals surface area contributed by atoms with Gasteiger partial charge in [-0.3, -0.25) is 9.59 Å². The Morgan fingerprint density at radius 3 is 2.63 bits per heavy atom. The second kappa shape index (κ2) is 5.44. The summed E-state index contributed by atoms with van der Waals surface area (Å²) in [7, 11) is 0. The molecule has 0 aromatic heterocycles. The second-order valence-corrected chi connectivity index (χ2v) is 6.89. The Labute approximate surface area is 116 Å². The Bertz CT molecular complexity index is 440. The molecule has 2 atom stereocenters. The highest BCUT2D eigenvalue weighted by molar-refractivity contribution is 6.00. The lowest BCUT2D eigenvalue weighted by molar-refractivity contribution is -0.128. The molecule has 1 unspecified atom stereocenters. The van der Waals surface area contributed by atoms with Crippen molar-refractivity contribution in [2.24, 2.45) is 17.3 Å². The van der Waals surface area contributed by atoms with E-state index in [1.807, 2.05) is 13.0 Å². The van der Waals surface area contributed by atoms with Gasteiger partial charge in [-0.05, 0) is 56.6 Å². The Morgan fingerprint density at radius 1 is 1.16 bits per heavy atom. The Balaban J connectivity index is 2.28. The molecule has 0 saturated heterocycles. The number of rotatable bonds is 1. The summed E-state index contributed by atoms with van der Waals surface area (Å²) in [4.78, 5) is 24.6. The molecule has 0 N–H and O–H groups in total. The maximum Gasteiger partial charge on any atom is 0.159 e. The quantitative estimate of drug-likeness (QED) is 0.717. The van der Waals surface area contributed by atoms with Crippen LogP contribution in [0.4, 0.5) is 0 Å². The Kier molecular flexibility index (Phi) is 4.07. The summed E-state index contributed by atoms with van der Waals surface area (Å²) >= 11 is 0. The van der Waals surface area contributed by atoms with Crippen molar-refractivity contribution in [3.63, 3.8) is 0 Å². The number of carbonyl (C=O) groups excluding carboxylic acids is 2. The first-order valence-electron chi connectivity index (χ1n) is 7.30. The van der Waals surface area contributed by atoms with E-state index >= 15 is 0 Å². The van der Waals surface area contributed by atoms with E-state index in [1.165, 1.54) is 0 Å². The first kappa shape index (κ1) is 14.2. The molecule has 0 heterocycles. The molecule has 0 amide bonds. The second-order valence-electron chi connectivity index (χ2n) is 6.89. The predicted molar refractivity (Wildman–Crippen MR) is 76.8 cm³/mol. The third-order valence-corrected chi connectivity index (χ3v) is 4.30. The maximum atomic E-state index is 12.4. The number of hydrogen-bond donors (Lipinski definition) is 0. The van der Waals surface area contributed by atoms with Crippen molar-refractivity contribution in [3.8, 4) is 0 Å². The lowest BCUT2D eigenvalue weighted by Crippen LogP contribution is -2.31. The van der Waals surface area contributed by atoms with Crippen LogP contribution in [0, 0.1) is 17.3 Å². The predicted octanol–water partition coefficient (Wildman–Crippen LogP) is 3.86. The van der Waals surface area contributed by atoms with Gasteiger partial charge < -0.3 is 0 Å². The van der Waals surface area contributed by atoms with Crippen LogP contribution in [0.1, 0.15) is 52.9 Å². The zero-order valence-electron chi connectivity index (χ0n) is 12.2. The molecule has 2 rings (SSSR count). The Hall–Kier alpha value is -1.18. The average molecular weight is 260 g/mol. The van der Waals surface area contributed by atoms with E-state index in [9.17, 15) is 9.59 Å². The number of ketones is 2. The van der Waals surface area contributed by atoms with Crippen molar-refractivity contribution in [2.75, 3.05) is 0 Å². The zero-order valence-corrected chi connectivity index (χ0v) is 12.2. The van der Waals surface area contributed by atoms with Crippen LogP contribution in [0.5, 0.6) is 0 Å². The van der Waals surface area contributed by atoms with Gasteiger partial charge in [0.1, 0.15) is 0 Å². The summed E-state index contributed by atoms with van der Waals surface area (Å²) in [5, 5.41) is 0. The first-order valence-corrected chi connectivity index (χ1v) is 7.30. The van der Waals surface area contributed by atoms with Gasteiger partial charge in [0.2, 0.25) is 0 Å². The summed E-state index contributed by atoms with van der Waals surface area (Å²) in [6.07, 6.45) is 10.0. The Morgan fingerprint density at radius 2 is 1.89 bits per heavy atom. The fourth-order valence-corrected chi connectivity index (χ4v) is 3.58. The zero-order chi connectivity index (χ0) is 14.0. The van der Waals surface area contributed by atoms with Gasteiger partial charge in [-0.25, -0.2) is 0 Å². The van der Waals surface area contributed by atoms with Gasteiger partial charge in [0, 0.05) is 11.8 Å². The minimum absolute atomic E-state index is 0.104. The van der Waals surface area contributed by atoms with Crippen molar-refractivity contribution in [3.05, 3.63) is 23.8 Å². The smallest absolute Gasteiger partial charge is 0.159 e. The molecule has 0 aliphatic heterocycles. The van der Waals surface area contributed by atoms with Gasteiger partial charge in [-0.1, -0.05) is 25.5 Å². The van der Waals surface area contributed by atoms with E-state index in [-0.39, 0.29) is 28.8 Å². The van der Waals surface area contributed by atoms with E-state index in [4.69, 9.17) is 0 Å². The number of carbonyl (C=O) groups is 2. The van der Waals surface area contributed by atoms with Gasteiger partial charge in [-0.2, -0.15) is 0 Å².